The number of carbonyl (C=O) groups is 2. The molecule has 4 rings (SSSR count). The van der Waals surface area contributed by atoms with Crippen molar-refractivity contribution in [3.63, 3.8) is 0 Å². The Morgan fingerprint density at radius 1 is 1.03 bits per heavy atom. The van der Waals surface area contributed by atoms with Crippen LogP contribution in [-0.4, -0.2) is 41.0 Å². The molecule has 190 valence electrons. The van der Waals surface area contributed by atoms with E-state index in [0.717, 1.165) is 41.6 Å². The Labute approximate surface area is 215 Å². The molecule has 2 heterocycles. The molecular weight excluding hydrogens is 500 g/mol. The minimum Gasteiger partial charge on any atom is -0.493 e. The Morgan fingerprint density at radius 2 is 1.72 bits per heavy atom. The van der Waals surface area contributed by atoms with Gasteiger partial charge in [-0.15, -0.1) is 0 Å². The number of imide groups is 1. The Balaban J connectivity index is 0.000000275. The molecule has 1 aliphatic heterocycles. The first kappa shape index (κ1) is 27.4. The van der Waals surface area contributed by atoms with E-state index in [-0.39, 0.29) is 21.3 Å². The molecule has 8 nitrogen and oxygen atoms in total. The molecule has 3 aromatic rings. The van der Waals surface area contributed by atoms with Gasteiger partial charge in [0.05, 0.1) is 16.8 Å². The van der Waals surface area contributed by atoms with Gasteiger partial charge in [0.1, 0.15) is 5.75 Å². The van der Waals surface area contributed by atoms with E-state index < -0.39 is 10.1 Å². The van der Waals surface area contributed by atoms with E-state index in [9.17, 15) is 18.0 Å². The number of thioether (sulfide) groups is 1. The van der Waals surface area contributed by atoms with E-state index in [1.807, 2.05) is 36.5 Å². The molecule has 0 bridgehead atoms. The second-order valence-corrected chi connectivity index (χ2v) is 10.6. The first-order chi connectivity index (χ1) is 17.2. The number of hydrogen-bond donors (Lipinski definition) is 2. The highest BCUT2D eigenvalue weighted by atomic mass is 32.2. The minimum atomic E-state index is -4.03. The lowest BCUT2D eigenvalue weighted by Gasteiger charge is -2.09. The molecule has 2 aromatic carbocycles. The quantitative estimate of drug-likeness (QED) is 0.413. The average Bonchev–Trinajstić information content (AvgIpc) is 3.17. The van der Waals surface area contributed by atoms with E-state index in [1.54, 1.807) is 25.1 Å². The standard InChI is InChI=1S/C19H20N2O3S.C7H8O3S/c1-2-13-3-6-15(20-12-13)9-10-24-16-7-4-14(5-8-16)11-17-18(22)21-19(23)25-17;1-6-4-2-3-5-7(6)11(8,9)10/h3-8,12,17H,2,9-11H2,1H3,(H,21,22,23);2-5H,1H3,(H,8,9,10). The SMILES string of the molecule is CCc1ccc(CCOc2ccc(CC3SC(=O)NC3=O)cc2)nc1.Cc1ccccc1S(=O)(=O)O. The van der Waals surface area contributed by atoms with Crippen molar-refractivity contribution in [1.29, 1.82) is 0 Å². The minimum absolute atomic E-state index is 0.0278. The summed E-state index contributed by atoms with van der Waals surface area (Å²) in [5.41, 5.74) is 3.81. The second kappa shape index (κ2) is 12.7. The molecule has 0 spiro atoms. The summed E-state index contributed by atoms with van der Waals surface area (Å²) in [4.78, 5) is 27.2. The van der Waals surface area contributed by atoms with Crippen molar-refractivity contribution >= 4 is 33.0 Å². The maximum atomic E-state index is 11.6. The molecule has 36 heavy (non-hydrogen) atoms. The van der Waals surface area contributed by atoms with Crippen molar-refractivity contribution in [2.45, 2.75) is 43.3 Å². The summed E-state index contributed by atoms with van der Waals surface area (Å²) in [6.45, 7) is 4.30. The highest BCUT2D eigenvalue weighted by Gasteiger charge is 2.31. The molecule has 0 aliphatic carbocycles. The van der Waals surface area contributed by atoms with Gasteiger partial charge in [0.15, 0.2) is 0 Å². The van der Waals surface area contributed by atoms with Crippen LogP contribution < -0.4 is 10.1 Å². The van der Waals surface area contributed by atoms with Crippen LogP contribution in [-0.2, 0) is 34.2 Å². The summed E-state index contributed by atoms with van der Waals surface area (Å²) in [5.74, 6) is 0.574. The summed E-state index contributed by atoms with van der Waals surface area (Å²) >= 11 is 1.05. The van der Waals surface area contributed by atoms with Crippen LogP contribution >= 0.6 is 11.8 Å². The van der Waals surface area contributed by atoms with Crippen LogP contribution in [0.5, 0.6) is 5.75 Å². The number of aryl methyl sites for hydroxylation is 2. The van der Waals surface area contributed by atoms with Gasteiger partial charge >= 0.3 is 0 Å². The van der Waals surface area contributed by atoms with Gasteiger partial charge in [-0.05, 0) is 60.7 Å². The number of hydrogen-bond acceptors (Lipinski definition) is 7. The van der Waals surface area contributed by atoms with E-state index in [0.29, 0.717) is 18.6 Å². The smallest absolute Gasteiger partial charge is 0.294 e. The number of amides is 2. The van der Waals surface area contributed by atoms with Crippen LogP contribution in [0.15, 0.2) is 71.8 Å². The van der Waals surface area contributed by atoms with Crippen LogP contribution in [0.1, 0.15) is 29.3 Å². The van der Waals surface area contributed by atoms with Gasteiger partial charge in [0.25, 0.3) is 15.4 Å². The van der Waals surface area contributed by atoms with Gasteiger partial charge in [-0.25, -0.2) is 0 Å². The van der Waals surface area contributed by atoms with Gasteiger partial charge in [-0.1, -0.05) is 55.1 Å². The number of nitrogens with zero attached hydrogens (tertiary/aromatic N) is 1. The third-order valence-corrected chi connectivity index (χ3v) is 7.40. The zero-order chi connectivity index (χ0) is 26.1. The number of carbonyl (C=O) groups excluding carboxylic acids is 2. The fourth-order valence-corrected chi connectivity index (χ4v) is 4.98. The third kappa shape index (κ3) is 8.18. The van der Waals surface area contributed by atoms with Crippen LogP contribution in [0.2, 0.25) is 0 Å². The molecular formula is C26H28N2O6S2. The van der Waals surface area contributed by atoms with Crippen LogP contribution in [0, 0.1) is 6.92 Å². The normalized spacial score (nSPS) is 15.1. The Kier molecular flexibility index (Phi) is 9.63. The predicted octanol–water partition coefficient (Wildman–Crippen LogP) is 4.40. The third-order valence-electron chi connectivity index (χ3n) is 5.40. The van der Waals surface area contributed by atoms with E-state index >= 15 is 0 Å². The number of pyridine rings is 1. The molecule has 1 atom stereocenters. The van der Waals surface area contributed by atoms with Gasteiger partial charge in [-0.3, -0.25) is 24.4 Å². The predicted molar refractivity (Wildman–Crippen MR) is 139 cm³/mol. The summed E-state index contributed by atoms with van der Waals surface area (Å²) in [7, 11) is -4.03. The lowest BCUT2D eigenvalue weighted by atomic mass is 10.1. The van der Waals surface area contributed by atoms with Crippen molar-refractivity contribution in [2.75, 3.05) is 6.61 Å². The van der Waals surface area contributed by atoms with Crippen LogP contribution in [0.3, 0.4) is 0 Å². The van der Waals surface area contributed by atoms with Crippen LogP contribution in [0.25, 0.3) is 0 Å². The topological polar surface area (TPSA) is 123 Å². The molecule has 2 amide bonds. The molecule has 1 fully saturated rings. The van der Waals surface area contributed by atoms with E-state index in [2.05, 4.69) is 23.3 Å². The lowest BCUT2D eigenvalue weighted by molar-refractivity contribution is -0.118. The number of nitrogens with one attached hydrogen (secondary N) is 1. The van der Waals surface area contributed by atoms with Gasteiger partial charge < -0.3 is 4.74 Å². The second-order valence-electron chi connectivity index (χ2n) is 8.08. The number of aromatic nitrogens is 1. The van der Waals surface area contributed by atoms with Crippen LogP contribution in [0.4, 0.5) is 4.79 Å². The average molecular weight is 529 g/mol. The van der Waals surface area contributed by atoms with Crippen molar-refractivity contribution in [3.8, 4) is 5.75 Å². The van der Waals surface area contributed by atoms with Gasteiger partial charge in [0.2, 0.25) is 5.91 Å². The zero-order valence-electron chi connectivity index (χ0n) is 20.0. The number of benzene rings is 2. The Hall–Kier alpha value is -3.21. The maximum Gasteiger partial charge on any atom is 0.294 e. The number of rotatable bonds is 8. The maximum absolute atomic E-state index is 11.6. The largest absolute Gasteiger partial charge is 0.493 e. The summed E-state index contributed by atoms with van der Waals surface area (Å²) in [5, 5.41) is 1.70. The van der Waals surface area contributed by atoms with Gasteiger partial charge in [0, 0.05) is 18.3 Å². The Morgan fingerprint density at radius 3 is 2.25 bits per heavy atom. The summed E-state index contributed by atoms with van der Waals surface area (Å²) in [6, 6.07) is 18.1. The first-order valence-corrected chi connectivity index (χ1v) is 13.7. The zero-order valence-corrected chi connectivity index (χ0v) is 21.6. The van der Waals surface area contributed by atoms with E-state index in [4.69, 9.17) is 9.29 Å². The summed E-state index contributed by atoms with van der Waals surface area (Å²) in [6.07, 6.45) is 4.19. The van der Waals surface area contributed by atoms with Gasteiger partial charge in [-0.2, -0.15) is 8.42 Å². The van der Waals surface area contributed by atoms with E-state index in [1.165, 1.54) is 11.6 Å². The molecule has 1 aliphatic rings. The highest BCUT2D eigenvalue weighted by Crippen LogP contribution is 2.24. The summed E-state index contributed by atoms with van der Waals surface area (Å²) < 4.78 is 35.6. The molecule has 1 saturated heterocycles. The highest BCUT2D eigenvalue weighted by molar-refractivity contribution is 8.15. The molecule has 10 heteroatoms. The fourth-order valence-electron chi connectivity index (χ4n) is 3.39. The van der Waals surface area contributed by atoms with Crippen molar-refractivity contribution in [3.05, 3.63) is 89.2 Å². The first-order valence-electron chi connectivity index (χ1n) is 11.4. The molecule has 1 aromatic heterocycles. The van der Waals surface area contributed by atoms with Crippen molar-refractivity contribution in [2.24, 2.45) is 0 Å². The Bertz CT molecular complexity index is 1290. The van der Waals surface area contributed by atoms with Crippen molar-refractivity contribution in [1.82, 2.24) is 10.3 Å². The van der Waals surface area contributed by atoms with Crippen molar-refractivity contribution < 1.29 is 27.3 Å². The molecule has 1 unspecified atom stereocenters. The molecule has 0 radical (unpaired) electrons. The molecule has 2 N–H and O–H groups in total. The number of ether oxygens (including phenoxy) is 1. The monoisotopic (exact) mass is 528 g/mol. The molecule has 0 saturated carbocycles. The lowest BCUT2D eigenvalue weighted by Crippen LogP contribution is -2.25. The fraction of sp³-hybridized carbons (Fsp3) is 0.269.